The van der Waals surface area contributed by atoms with Gasteiger partial charge in [0.05, 0.1) is 0 Å². The number of hydrogen-bond acceptors (Lipinski definition) is 3. The van der Waals surface area contributed by atoms with Gasteiger partial charge in [-0.15, -0.1) is 11.8 Å². The van der Waals surface area contributed by atoms with E-state index in [1.807, 2.05) is 0 Å². The summed E-state index contributed by atoms with van der Waals surface area (Å²) in [4.78, 5) is 4.19. The van der Waals surface area contributed by atoms with E-state index in [2.05, 4.69) is 60.1 Å². The topological polar surface area (TPSA) is 15.3 Å². The first kappa shape index (κ1) is 14.4. The van der Waals surface area contributed by atoms with Crippen LogP contribution in [-0.4, -0.2) is 41.9 Å². The molecule has 1 aromatic carbocycles. The summed E-state index contributed by atoms with van der Waals surface area (Å²) in [6, 6.07) is 8.91. The minimum absolute atomic E-state index is 0.298. The van der Waals surface area contributed by atoms with Gasteiger partial charge in [-0.2, -0.15) is 0 Å². The highest BCUT2D eigenvalue weighted by Crippen LogP contribution is 2.37. The van der Waals surface area contributed by atoms with Gasteiger partial charge in [0.15, 0.2) is 0 Å². The van der Waals surface area contributed by atoms with Gasteiger partial charge in [0.2, 0.25) is 0 Å². The molecule has 0 aliphatic carbocycles. The normalized spacial score (nSPS) is 31.0. The molecule has 110 valence electrons. The highest BCUT2D eigenvalue weighted by atomic mass is 32.2. The molecule has 1 fully saturated rings. The summed E-state index contributed by atoms with van der Waals surface area (Å²) >= 11 is 2.08. The third-order valence-corrected chi connectivity index (χ3v) is 6.03. The van der Waals surface area contributed by atoms with Crippen molar-refractivity contribution in [3.63, 3.8) is 0 Å². The Labute approximate surface area is 127 Å². The van der Waals surface area contributed by atoms with Crippen LogP contribution in [-0.2, 0) is 6.42 Å². The van der Waals surface area contributed by atoms with Crippen LogP contribution >= 0.6 is 11.8 Å². The van der Waals surface area contributed by atoms with Crippen molar-refractivity contribution in [2.75, 3.05) is 26.2 Å². The first-order chi connectivity index (χ1) is 9.68. The molecule has 1 saturated heterocycles. The van der Waals surface area contributed by atoms with Gasteiger partial charge in [-0.3, -0.25) is 0 Å². The zero-order valence-corrected chi connectivity index (χ0v) is 13.5. The zero-order chi connectivity index (χ0) is 14.0. The van der Waals surface area contributed by atoms with Crippen molar-refractivity contribution >= 4 is 11.8 Å². The second kappa shape index (κ2) is 6.08. The van der Waals surface area contributed by atoms with Crippen LogP contribution in [0.1, 0.15) is 32.3 Å². The lowest BCUT2D eigenvalue weighted by Crippen LogP contribution is -2.49. The Bertz CT molecular complexity index is 437. The fraction of sp³-hybridized carbons (Fsp3) is 0.647. The molecule has 0 bridgehead atoms. The lowest BCUT2D eigenvalue weighted by Gasteiger charge is -2.33. The summed E-state index contributed by atoms with van der Waals surface area (Å²) < 4.78 is 0. The summed E-state index contributed by atoms with van der Waals surface area (Å²) in [7, 11) is 0. The number of benzene rings is 1. The van der Waals surface area contributed by atoms with E-state index in [0.717, 1.165) is 5.25 Å². The highest BCUT2D eigenvalue weighted by Gasteiger charge is 2.30. The molecular weight excluding hydrogens is 264 g/mol. The smallest absolute Gasteiger partial charge is 0.0277 e. The van der Waals surface area contributed by atoms with E-state index in [0.29, 0.717) is 5.54 Å². The van der Waals surface area contributed by atoms with Crippen molar-refractivity contribution in [2.45, 2.75) is 48.8 Å². The quantitative estimate of drug-likeness (QED) is 0.920. The molecule has 2 atom stereocenters. The van der Waals surface area contributed by atoms with Crippen molar-refractivity contribution in [2.24, 2.45) is 0 Å². The molecule has 2 aliphatic rings. The van der Waals surface area contributed by atoms with E-state index < -0.39 is 0 Å². The average molecular weight is 290 g/mol. The molecule has 0 amide bonds. The summed E-state index contributed by atoms with van der Waals surface area (Å²) in [6.45, 7) is 9.51. The van der Waals surface area contributed by atoms with Crippen molar-refractivity contribution < 1.29 is 0 Å². The van der Waals surface area contributed by atoms with Gasteiger partial charge in [0, 0.05) is 28.8 Å². The molecule has 0 saturated carbocycles. The van der Waals surface area contributed by atoms with Gasteiger partial charge in [-0.25, -0.2) is 0 Å². The van der Waals surface area contributed by atoms with Gasteiger partial charge < -0.3 is 10.2 Å². The lowest BCUT2D eigenvalue weighted by atomic mass is 9.98. The Hall–Kier alpha value is -0.510. The summed E-state index contributed by atoms with van der Waals surface area (Å²) in [5.41, 5.74) is 1.85. The molecular formula is C17H26N2S. The molecule has 3 heteroatoms. The molecule has 0 radical (unpaired) electrons. The fourth-order valence-corrected chi connectivity index (χ4v) is 4.72. The number of rotatable bonds is 3. The number of thioether (sulfide) groups is 1. The lowest BCUT2D eigenvalue weighted by molar-refractivity contribution is 0.216. The molecule has 1 N–H and O–H groups in total. The van der Waals surface area contributed by atoms with Gasteiger partial charge in [-0.1, -0.05) is 25.1 Å². The van der Waals surface area contributed by atoms with E-state index in [1.54, 1.807) is 5.56 Å². The summed E-state index contributed by atoms with van der Waals surface area (Å²) in [6.07, 6.45) is 3.73. The monoisotopic (exact) mass is 290 g/mol. The van der Waals surface area contributed by atoms with Crippen LogP contribution in [0.4, 0.5) is 0 Å². The molecule has 2 nitrogen and oxygen atoms in total. The van der Waals surface area contributed by atoms with E-state index in [-0.39, 0.29) is 0 Å². The Morgan fingerprint density at radius 3 is 3.05 bits per heavy atom. The van der Waals surface area contributed by atoms with E-state index in [9.17, 15) is 0 Å². The summed E-state index contributed by atoms with van der Waals surface area (Å²) in [5, 5.41) is 4.47. The van der Waals surface area contributed by atoms with Crippen molar-refractivity contribution in [1.82, 2.24) is 10.2 Å². The predicted octanol–water partition coefficient (Wildman–Crippen LogP) is 3.17. The first-order valence-corrected chi connectivity index (χ1v) is 8.78. The molecule has 2 heterocycles. The Morgan fingerprint density at radius 2 is 2.25 bits per heavy atom. The molecule has 2 unspecified atom stereocenters. The highest BCUT2D eigenvalue weighted by molar-refractivity contribution is 8.00. The van der Waals surface area contributed by atoms with Crippen LogP contribution in [0.25, 0.3) is 0 Å². The molecule has 20 heavy (non-hydrogen) atoms. The molecule has 0 spiro atoms. The summed E-state index contributed by atoms with van der Waals surface area (Å²) in [5.74, 6) is 0. The van der Waals surface area contributed by atoms with E-state index in [1.165, 1.54) is 50.3 Å². The van der Waals surface area contributed by atoms with E-state index in [4.69, 9.17) is 0 Å². The average Bonchev–Trinajstić information content (AvgIpc) is 2.75. The van der Waals surface area contributed by atoms with Crippen LogP contribution < -0.4 is 5.32 Å². The second-order valence-corrected chi connectivity index (χ2v) is 7.82. The van der Waals surface area contributed by atoms with Gasteiger partial charge >= 0.3 is 0 Å². The fourth-order valence-electron chi connectivity index (χ4n) is 3.36. The molecule has 3 rings (SSSR count). The van der Waals surface area contributed by atoms with Gasteiger partial charge in [-0.05, 0) is 50.9 Å². The molecule has 2 aliphatic heterocycles. The minimum atomic E-state index is 0.298. The van der Waals surface area contributed by atoms with E-state index >= 15 is 0 Å². The molecule has 0 aromatic heterocycles. The van der Waals surface area contributed by atoms with Crippen LogP contribution in [0.3, 0.4) is 0 Å². The largest absolute Gasteiger partial charge is 0.310 e. The Morgan fingerprint density at radius 1 is 1.40 bits per heavy atom. The SMILES string of the molecule is CCC1(C)CN(CC2Cc3ccccc3S2)CCCN1. The molecule has 1 aromatic rings. The van der Waals surface area contributed by atoms with Crippen LogP contribution in [0, 0.1) is 0 Å². The maximum atomic E-state index is 3.73. The third kappa shape index (κ3) is 3.21. The van der Waals surface area contributed by atoms with Crippen LogP contribution in [0.2, 0.25) is 0 Å². The third-order valence-electron chi connectivity index (χ3n) is 4.73. The van der Waals surface area contributed by atoms with Crippen molar-refractivity contribution in [3.05, 3.63) is 29.8 Å². The Kier molecular flexibility index (Phi) is 4.39. The maximum Gasteiger partial charge on any atom is 0.0277 e. The Balaban J connectivity index is 1.61. The standard InChI is InChI=1S/C17H26N2S/c1-3-17(2)13-19(10-6-9-18-17)12-15-11-14-7-4-5-8-16(14)20-15/h4-5,7-8,15,18H,3,6,9-13H2,1-2H3. The first-order valence-electron chi connectivity index (χ1n) is 7.90. The van der Waals surface area contributed by atoms with Crippen LogP contribution in [0.5, 0.6) is 0 Å². The number of hydrogen-bond donors (Lipinski definition) is 1. The van der Waals surface area contributed by atoms with Crippen molar-refractivity contribution in [1.29, 1.82) is 0 Å². The zero-order valence-electron chi connectivity index (χ0n) is 12.7. The second-order valence-electron chi connectivity index (χ2n) is 6.48. The number of fused-ring (bicyclic) bond motifs is 1. The van der Waals surface area contributed by atoms with Crippen LogP contribution in [0.15, 0.2) is 29.2 Å². The minimum Gasteiger partial charge on any atom is -0.310 e. The predicted molar refractivity (Wildman–Crippen MR) is 87.5 cm³/mol. The van der Waals surface area contributed by atoms with Gasteiger partial charge in [0.1, 0.15) is 0 Å². The number of nitrogens with one attached hydrogen (secondary N) is 1. The van der Waals surface area contributed by atoms with Gasteiger partial charge in [0.25, 0.3) is 0 Å². The maximum absolute atomic E-state index is 3.73. The number of nitrogens with zero attached hydrogens (tertiary/aromatic N) is 1. The van der Waals surface area contributed by atoms with Crippen molar-refractivity contribution in [3.8, 4) is 0 Å².